The summed E-state index contributed by atoms with van der Waals surface area (Å²) in [6.07, 6.45) is 2.43. The summed E-state index contributed by atoms with van der Waals surface area (Å²) in [4.78, 5) is 6.19. The number of aromatic amines is 1. The van der Waals surface area contributed by atoms with Crippen molar-refractivity contribution < 1.29 is 9.47 Å². The summed E-state index contributed by atoms with van der Waals surface area (Å²) in [6, 6.07) is 15.2. The molecule has 0 amide bonds. The van der Waals surface area contributed by atoms with Crippen molar-refractivity contribution >= 4 is 10.9 Å². The van der Waals surface area contributed by atoms with Crippen molar-refractivity contribution in [1.29, 1.82) is 0 Å². The smallest absolute Gasteiger partial charge is 0.119 e. The number of methoxy groups -OCH3 is 2. The number of aromatic nitrogens is 1. The second kappa shape index (κ2) is 7.04. The molecule has 1 aliphatic heterocycles. The van der Waals surface area contributed by atoms with E-state index in [-0.39, 0.29) is 0 Å². The zero-order chi connectivity index (χ0) is 18.1. The summed E-state index contributed by atoms with van der Waals surface area (Å²) in [6.45, 7) is 4.26. The van der Waals surface area contributed by atoms with Crippen LogP contribution in [0.25, 0.3) is 10.9 Å². The van der Waals surface area contributed by atoms with E-state index in [0.717, 1.165) is 24.6 Å². The Balaban J connectivity index is 1.61. The highest BCUT2D eigenvalue weighted by Gasteiger charge is 2.27. The van der Waals surface area contributed by atoms with Crippen LogP contribution in [0.2, 0.25) is 0 Å². The monoisotopic (exact) mass is 350 g/mol. The van der Waals surface area contributed by atoms with E-state index in [1.165, 1.54) is 40.6 Å². The van der Waals surface area contributed by atoms with Gasteiger partial charge in [0.25, 0.3) is 0 Å². The van der Waals surface area contributed by atoms with Gasteiger partial charge < -0.3 is 14.5 Å². The normalized spacial score (nSPS) is 17.7. The van der Waals surface area contributed by atoms with Crippen LogP contribution in [0.15, 0.2) is 42.5 Å². The number of aryl methyl sites for hydroxylation is 1. The first-order chi connectivity index (χ1) is 12.7. The molecule has 0 spiro atoms. The lowest BCUT2D eigenvalue weighted by atomic mass is 10.0. The van der Waals surface area contributed by atoms with Crippen molar-refractivity contribution in [2.75, 3.05) is 20.8 Å². The minimum atomic E-state index is 0.449. The summed E-state index contributed by atoms with van der Waals surface area (Å²) in [5.74, 6) is 1.84. The lowest BCUT2D eigenvalue weighted by molar-refractivity contribution is 0.245. The maximum absolute atomic E-state index is 5.41. The molecule has 1 aromatic heterocycles. The summed E-state index contributed by atoms with van der Waals surface area (Å²) < 4.78 is 10.8. The number of nitrogens with zero attached hydrogens (tertiary/aromatic N) is 1. The molecular formula is C22H26N2O2. The van der Waals surface area contributed by atoms with Crippen LogP contribution in [0.5, 0.6) is 11.5 Å². The van der Waals surface area contributed by atoms with Gasteiger partial charge in [-0.05, 0) is 67.8 Å². The maximum Gasteiger partial charge on any atom is 0.119 e. The predicted molar refractivity (Wildman–Crippen MR) is 105 cm³/mol. The number of fused-ring (bicyclic) bond motifs is 1. The predicted octanol–water partition coefficient (Wildman–Crippen LogP) is 4.83. The Labute approximate surface area is 154 Å². The average molecular weight is 350 g/mol. The summed E-state index contributed by atoms with van der Waals surface area (Å²) in [5, 5.41) is 1.25. The summed E-state index contributed by atoms with van der Waals surface area (Å²) in [7, 11) is 3.45. The zero-order valence-corrected chi connectivity index (χ0v) is 15.7. The van der Waals surface area contributed by atoms with Gasteiger partial charge in [0, 0.05) is 29.2 Å². The number of benzene rings is 2. The lowest BCUT2D eigenvalue weighted by Crippen LogP contribution is -2.23. The average Bonchev–Trinajstić information content (AvgIpc) is 3.27. The minimum Gasteiger partial charge on any atom is -0.497 e. The molecule has 0 saturated carbocycles. The van der Waals surface area contributed by atoms with E-state index in [1.807, 2.05) is 12.1 Å². The molecule has 0 aliphatic carbocycles. The van der Waals surface area contributed by atoms with E-state index in [1.54, 1.807) is 14.2 Å². The molecule has 4 heteroatoms. The third-order valence-electron chi connectivity index (χ3n) is 5.57. The first-order valence-electron chi connectivity index (χ1n) is 9.23. The van der Waals surface area contributed by atoms with Crippen molar-refractivity contribution in [3.8, 4) is 11.5 Å². The minimum absolute atomic E-state index is 0.449. The molecule has 2 heterocycles. The number of likely N-dealkylation sites (tertiary alicyclic amines) is 1. The molecule has 4 rings (SSSR count). The molecule has 0 bridgehead atoms. The lowest BCUT2D eigenvalue weighted by Gasteiger charge is -2.25. The fourth-order valence-electron chi connectivity index (χ4n) is 4.09. The largest absolute Gasteiger partial charge is 0.497 e. The van der Waals surface area contributed by atoms with Crippen LogP contribution in [0.4, 0.5) is 0 Å². The Bertz CT molecular complexity index is 916. The van der Waals surface area contributed by atoms with Crippen LogP contribution in [-0.2, 0) is 6.54 Å². The van der Waals surface area contributed by atoms with E-state index in [9.17, 15) is 0 Å². The molecule has 1 atom stereocenters. The quantitative estimate of drug-likeness (QED) is 0.716. The first-order valence-corrected chi connectivity index (χ1v) is 9.23. The molecule has 1 N–H and O–H groups in total. The number of rotatable bonds is 5. The van der Waals surface area contributed by atoms with Crippen LogP contribution in [0, 0.1) is 6.92 Å². The van der Waals surface area contributed by atoms with Crippen molar-refractivity contribution in [2.45, 2.75) is 32.4 Å². The summed E-state index contributed by atoms with van der Waals surface area (Å²) >= 11 is 0. The molecule has 2 aromatic carbocycles. The van der Waals surface area contributed by atoms with Gasteiger partial charge in [0.15, 0.2) is 0 Å². The Morgan fingerprint density at radius 2 is 1.88 bits per heavy atom. The van der Waals surface area contributed by atoms with Gasteiger partial charge in [-0.15, -0.1) is 0 Å². The Hall–Kier alpha value is -2.46. The molecule has 1 unspecified atom stereocenters. The number of hydrogen-bond donors (Lipinski definition) is 1. The van der Waals surface area contributed by atoms with Gasteiger partial charge in [0.1, 0.15) is 11.5 Å². The highest BCUT2D eigenvalue weighted by atomic mass is 16.5. The van der Waals surface area contributed by atoms with Gasteiger partial charge in [0.05, 0.1) is 14.2 Å². The van der Waals surface area contributed by atoms with E-state index < -0.39 is 0 Å². The van der Waals surface area contributed by atoms with E-state index in [2.05, 4.69) is 47.1 Å². The van der Waals surface area contributed by atoms with Crippen molar-refractivity contribution in [1.82, 2.24) is 9.88 Å². The maximum atomic E-state index is 5.41. The molecule has 0 radical (unpaired) electrons. The van der Waals surface area contributed by atoms with Crippen LogP contribution in [0.1, 0.15) is 35.7 Å². The van der Waals surface area contributed by atoms with Crippen LogP contribution in [0.3, 0.4) is 0 Å². The number of ether oxygens (including phenoxy) is 2. The van der Waals surface area contributed by atoms with Crippen molar-refractivity contribution in [2.24, 2.45) is 0 Å². The Morgan fingerprint density at radius 1 is 1.08 bits per heavy atom. The van der Waals surface area contributed by atoms with Gasteiger partial charge in [-0.2, -0.15) is 0 Å². The molecule has 26 heavy (non-hydrogen) atoms. The first kappa shape index (κ1) is 17.0. The van der Waals surface area contributed by atoms with E-state index >= 15 is 0 Å². The Kier molecular flexibility index (Phi) is 4.60. The molecule has 1 fully saturated rings. The van der Waals surface area contributed by atoms with Gasteiger partial charge in [-0.1, -0.05) is 12.1 Å². The van der Waals surface area contributed by atoms with Gasteiger partial charge in [0.2, 0.25) is 0 Å². The molecule has 136 valence electrons. The summed E-state index contributed by atoms with van der Waals surface area (Å²) in [5.41, 5.74) is 5.13. The second-order valence-corrected chi connectivity index (χ2v) is 7.05. The highest BCUT2D eigenvalue weighted by molar-refractivity contribution is 5.85. The van der Waals surface area contributed by atoms with Crippen LogP contribution >= 0.6 is 0 Å². The van der Waals surface area contributed by atoms with E-state index in [0.29, 0.717) is 6.04 Å². The molecule has 1 aliphatic rings. The third-order valence-corrected chi connectivity index (χ3v) is 5.57. The van der Waals surface area contributed by atoms with Crippen LogP contribution in [-0.4, -0.2) is 30.6 Å². The number of nitrogens with one attached hydrogen (secondary N) is 1. The highest BCUT2D eigenvalue weighted by Crippen LogP contribution is 2.35. The van der Waals surface area contributed by atoms with Gasteiger partial charge in [-0.3, -0.25) is 4.90 Å². The van der Waals surface area contributed by atoms with Crippen LogP contribution < -0.4 is 9.47 Å². The SMILES string of the molecule is COc1cccc(C2CCCN2Cc2[nH]c3ccc(OC)cc3c2C)c1. The number of H-pyrrole nitrogens is 1. The Morgan fingerprint density at radius 3 is 2.69 bits per heavy atom. The molecule has 1 saturated heterocycles. The molecule has 4 nitrogen and oxygen atoms in total. The van der Waals surface area contributed by atoms with Gasteiger partial charge >= 0.3 is 0 Å². The third kappa shape index (κ3) is 3.06. The van der Waals surface area contributed by atoms with Crippen molar-refractivity contribution in [3.05, 3.63) is 59.3 Å². The van der Waals surface area contributed by atoms with Gasteiger partial charge in [-0.25, -0.2) is 0 Å². The topological polar surface area (TPSA) is 37.5 Å². The fourth-order valence-corrected chi connectivity index (χ4v) is 4.09. The standard InChI is InChI=1S/C22H26N2O2/c1-15-19-13-18(26-3)9-10-20(19)23-21(15)14-24-11-5-8-22(24)16-6-4-7-17(12-16)25-2/h4,6-7,9-10,12-13,22-23H,5,8,11,14H2,1-3H3. The zero-order valence-electron chi connectivity index (χ0n) is 15.7. The van der Waals surface area contributed by atoms with Crippen molar-refractivity contribution in [3.63, 3.8) is 0 Å². The number of hydrogen-bond acceptors (Lipinski definition) is 3. The fraction of sp³-hybridized carbons (Fsp3) is 0.364. The second-order valence-electron chi connectivity index (χ2n) is 7.05. The molecule has 3 aromatic rings. The molecular weight excluding hydrogens is 324 g/mol. The van der Waals surface area contributed by atoms with E-state index in [4.69, 9.17) is 9.47 Å².